The average molecular weight is 438 g/mol. The van der Waals surface area contributed by atoms with Crippen LogP contribution in [0.15, 0.2) is 34.5 Å². The van der Waals surface area contributed by atoms with Crippen LogP contribution < -0.4 is 5.32 Å². The Balaban J connectivity index is 2.23. The number of amides is 1. The molecule has 2 aromatic rings. The van der Waals surface area contributed by atoms with Crippen LogP contribution in [0.25, 0.3) is 0 Å². The Labute approximate surface area is 178 Å². The number of carbonyl (C=O) groups is 1. The molecule has 0 radical (unpaired) electrons. The second kappa shape index (κ2) is 9.36. The molecule has 160 valence electrons. The summed E-state index contributed by atoms with van der Waals surface area (Å²) in [4.78, 5) is 16.9. The molecule has 0 fully saturated rings. The average Bonchev–Trinajstić information content (AvgIpc) is 3.02. The molecule has 0 aliphatic heterocycles. The lowest BCUT2D eigenvalue weighted by atomic mass is 9.87. The molecular weight excluding hydrogens is 406 g/mol. The van der Waals surface area contributed by atoms with Crippen LogP contribution in [-0.2, 0) is 20.2 Å². The van der Waals surface area contributed by atoms with Crippen molar-refractivity contribution in [1.82, 2.24) is 9.29 Å². The van der Waals surface area contributed by atoms with Gasteiger partial charge in [-0.25, -0.2) is 13.4 Å². The van der Waals surface area contributed by atoms with Crippen LogP contribution in [-0.4, -0.2) is 36.7 Å². The molecule has 1 N–H and O–H groups in total. The third-order valence-corrected chi connectivity index (χ3v) is 7.23. The van der Waals surface area contributed by atoms with Crippen molar-refractivity contribution in [3.8, 4) is 0 Å². The molecule has 0 bridgehead atoms. The molecule has 0 atom stereocenters. The molecule has 1 amide bonds. The predicted molar refractivity (Wildman–Crippen MR) is 119 cm³/mol. The lowest BCUT2D eigenvalue weighted by molar-refractivity contribution is -0.116. The minimum atomic E-state index is -3.79. The number of carbonyl (C=O) groups excluding carboxylic acids is 1. The Bertz CT molecular complexity index is 927. The van der Waals surface area contributed by atoms with E-state index in [-0.39, 0.29) is 23.4 Å². The van der Waals surface area contributed by atoms with Gasteiger partial charge in [0.25, 0.3) is 0 Å². The van der Waals surface area contributed by atoms with Crippen molar-refractivity contribution in [3.63, 3.8) is 0 Å². The highest BCUT2D eigenvalue weighted by Gasteiger charge is 2.27. The van der Waals surface area contributed by atoms with Gasteiger partial charge in [0.2, 0.25) is 15.9 Å². The van der Waals surface area contributed by atoms with E-state index in [0.717, 1.165) is 11.3 Å². The molecule has 0 saturated carbocycles. The Hall–Kier alpha value is -1.77. The molecule has 6 nitrogen and oxygen atoms in total. The number of aromatic nitrogens is 1. The van der Waals surface area contributed by atoms with Crippen molar-refractivity contribution in [1.29, 1.82) is 0 Å². The summed E-state index contributed by atoms with van der Waals surface area (Å²) < 4.78 is 27.7. The van der Waals surface area contributed by atoms with Crippen molar-refractivity contribution < 1.29 is 13.2 Å². The number of thiazole rings is 1. The maximum Gasteiger partial charge on any atom is 0.243 e. The van der Waals surface area contributed by atoms with E-state index in [1.807, 2.05) is 38.3 Å². The Morgan fingerprint density at radius 2 is 1.83 bits per heavy atom. The molecular formula is C21H31N3O3S2. The highest BCUT2D eigenvalue weighted by atomic mass is 32.2. The number of sulfonamides is 1. The van der Waals surface area contributed by atoms with Gasteiger partial charge in [0.1, 0.15) is 0 Å². The van der Waals surface area contributed by atoms with Crippen molar-refractivity contribution in [2.45, 2.75) is 58.3 Å². The number of aryl methyl sites for hydroxylation is 1. The van der Waals surface area contributed by atoms with Gasteiger partial charge in [-0.1, -0.05) is 46.8 Å². The highest BCUT2D eigenvalue weighted by molar-refractivity contribution is 7.89. The van der Waals surface area contributed by atoms with Crippen LogP contribution in [0.2, 0.25) is 0 Å². The number of rotatable bonds is 8. The zero-order chi connectivity index (χ0) is 21.8. The zero-order valence-corrected chi connectivity index (χ0v) is 19.7. The van der Waals surface area contributed by atoms with Crippen LogP contribution in [0.5, 0.6) is 0 Å². The monoisotopic (exact) mass is 437 g/mol. The van der Waals surface area contributed by atoms with E-state index in [1.165, 1.54) is 15.6 Å². The van der Waals surface area contributed by atoms with E-state index in [4.69, 9.17) is 0 Å². The maximum atomic E-state index is 13.2. The van der Waals surface area contributed by atoms with E-state index in [0.29, 0.717) is 17.5 Å². The molecule has 0 aliphatic rings. The number of hydrogen-bond acceptors (Lipinski definition) is 5. The van der Waals surface area contributed by atoms with E-state index >= 15 is 0 Å². The molecule has 29 heavy (non-hydrogen) atoms. The van der Waals surface area contributed by atoms with Gasteiger partial charge >= 0.3 is 0 Å². The topological polar surface area (TPSA) is 79.4 Å². The summed E-state index contributed by atoms with van der Waals surface area (Å²) in [5, 5.41) is 5.00. The van der Waals surface area contributed by atoms with Crippen molar-refractivity contribution >= 4 is 32.4 Å². The predicted octanol–water partition coefficient (Wildman–Crippen LogP) is 4.42. The van der Waals surface area contributed by atoms with Crippen LogP contribution in [0.4, 0.5) is 5.13 Å². The Kier molecular flexibility index (Phi) is 7.59. The number of hydrogen-bond donors (Lipinski definition) is 1. The SMILES string of the molecule is Cc1csc(NC(=O)CN(CCC(C)C)S(=O)(=O)c2ccc(C(C)(C)C)cc2)n1. The summed E-state index contributed by atoms with van der Waals surface area (Å²) in [5.41, 5.74) is 1.81. The quantitative estimate of drug-likeness (QED) is 0.663. The van der Waals surface area contributed by atoms with Crippen molar-refractivity contribution in [2.24, 2.45) is 5.92 Å². The molecule has 0 unspecified atom stereocenters. The number of benzene rings is 1. The Morgan fingerprint density at radius 3 is 2.31 bits per heavy atom. The van der Waals surface area contributed by atoms with Gasteiger partial charge in [-0.15, -0.1) is 11.3 Å². The van der Waals surface area contributed by atoms with Gasteiger partial charge in [0.15, 0.2) is 5.13 Å². The first-order valence-electron chi connectivity index (χ1n) is 9.72. The fourth-order valence-electron chi connectivity index (χ4n) is 2.69. The second-order valence-electron chi connectivity index (χ2n) is 8.64. The minimum absolute atomic E-state index is 0.0641. The summed E-state index contributed by atoms with van der Waals surface area (Å²) in [7, 11) is -3.79. The summed E-state index contributed by atoms with van der Waals surface area (Å²) in [5.74, 6) is -0.0707. The third kappa shape index (κ3) is 6.62. The minimum Gasteiger partial charge on any atom is -0.301 e. The lowest BCUT2D eigenvalue weighted by Gasteiger charge is -2.23. The smallest absolute Gasteiger partial charge is 0.243 e. The van der Waals surface area contributed by atoms with Gasteiger partial charge in [0.05, 0.1) is 17.1 Å². The number of nitrogens with zero attached hydrogens (tertiary/aromatic N) is 2. The summed E-state index contributed by atoms with van der Waals surface area (Å²) in [6.45, 7) is 12.2. The number of anilines is 1. The molecule has 1 aromatic heterocycles. The maximum absolute atomic E-state index is 13.2. The summed E-state index contributed by atoms with van der Waals surface area (Å²) in [6.07, 6.45) is 0.670. The highest BCUT2D eigenvalue weighted by Crippen LogP contribution is 2.25. The van der Waals surface area contributed by atoms with Crippen LogP contribution in [0, 0.1) is 12.8 Å². The molecule has 0 aliphatic carbocycles. The van der Waals surface area contributed by atoms with E-state index in [9.17, 15) is 13.2 Å². The first-order valence-corrected chi connectivity index (χ1v) is 12.0. The molecule has 1 heterocycles. The van der Waals surface area contributed by atoms with Gasteiger partial charge in [0, 0.05) is 11.9 Å². The van der Waals surface area contributed by atoms with Gasteiger partial charge in [-0.05, 0) is 42.4 Å². The fraction of sp³-hybridized carbons (Fsp3) is 0.524. The van der Waals surface area contributed by atoms with Gasteiger partial charge < -0.3 is 5.32 Å². The van der Waals surface area contributed by atoms with Crippen molar-refractivity contribution in [3.05, 3.63) is 40.9 Å². The second-order valence-corrected chi connectivity index (χ2v) is 11.4. The van der Waals surface area contributed by atoms with Gasteiger partial charge in [-0.2, -0.15) is 4.31 Å². The summed E-state index contributed by atoms with van der Waals surface area (Å²) in [6, 6.07) is 6.93. The third-order valence-electron chi connectivity index (χ3n) is 4.50. The largest absolute Gasteiger partial charge is 0.301 e. The molecule has 2 rings (SSSR count). The lowest BCUT2D eigenvalue weighted by Crippen LogP contribution is -2.39. The molecule has 1 aromatic carbocycles. The first kappa shape index (κ1) is 23.5. The molecule has 0 spiro atoms. The van der Waals surface area contributed by atoms with Crippen LogP contribution >= 0.6 is 11.3 Å². The van der Waals surface area contributed by atoms with Crippen molar-refractivity contribution in [2.75, 3.05) is 18.4 Å². The van der Waals surface area contributed by atoms with E-state index < -0.39 is 15.9 Å². The first-order chi connectivity index (χ1) is 13.4. The van der Waals surface area contributed by atoms with E-state index in [1.54, 1.807) is 12.1 Å². The normalized spacial score (nSPS) is 12.6. The standard InChI is InChI=1S/C21H31N3O3S2/c1-15(2)11-12-24(13-19(25)23-20-22-16(3)14-28-20)29(26,27)18-9-7-17(8-10-18)21(4,5)6/h7-10,14-15H,11-13H2,1-6H3,(H,22,23,25). The zero-order valence-electron chi connectivity index (χ0n) is 18.0. The van der Waals surface area contributed by atoms with E-state index in [2.05, 4.69) is 31.1 Å². The number of nitrogens with one attached hydrogen (secondary N) is 1. The molecule has 8 heteroatoms. The van der Waals surface area contributed by atoms with Crippen LogP contribution in [0.1, 0.15) is 52.3 Å². The summed E-state index contributed by atoms with van der Waals surface area (Å²) >= 11 is 1.32. The molecule has 0 saturated heterocycles. The van der Waals surface area contributed by atoms with Crippen LogP contribution in [0.3, 0.4) is 0 Å². The Morgan fingerprint density at radius 1 is 1.21 bits per heavy atom. The van der Waals surface area contributed by atoms with Gasteiger partial charge in [-0.3, -0.25) is 4.79 Å². The fourth-order valence-corrected chi connectivity index (χ4v) is 4.81.